The van der Waals surface area contributed by atoms with Gasteiger partial charge in [-0.25, -0.2) is 19.2 Å². The largest absolute Gasteiger partial charge is 0.508 e. The lowest BCUT2D eigenvalue weighted by atomic mass is 9.95. The number of phenolic OH excluding ortho intramolecular Hbond substituents is 2. The van der Waals surface area contributed by atoms with Crippen LogP contribution in [-0.2, 0) is 56.0 Å². The van der Waals surface area contributed by atoms with Gasteiger partial charge in [-0.05, 0) is 78.9 Å². The number of fused-ring (bicyclic) bond motifs is 5. The highest BCUT2D eigenvalue weighted by Gasteiger charge is 2.40. The molecule has 1 aliphatic rings. The summed E-state index contributed by atoms with van der Waals surface area (Å²) in [4.78, 5) is 101. The number of nitrogens with two attached hydrogens (primary N) is 5. The first kappa shape index (κ1) is 69.3. The van der Waals surface area contributed by atoms with E-state index in [9.17, 15) is 86.9 Å². The van der Waals surface area contributed by atoms with E-state index >= 15 is 0 Å². The molecule has 5 amide bonds. The van der Waals surface area contributed by atoms with Crippen LogP contribution in [0.1, 0.15) is 36.8 Å². The van der Waals surface area contributed by atoms with Gasteiger partial charge >= 0.3 is 48.6 Å². The van der Waals surface area contributed by atoms with Crippen LogP contribution < -0.4 is 49.9 Å². The number of amides is 5. The summed E-state index contributed by atoms with van der Waals surface area (Å²) in [5, 5.41) is 60.0. The molecule has 0 radical (unpaired) electrons. The number of primary amides is 1. The molecule has 75 heavy (non-hydrogen) atoms. The Morgan fingerprint density at radius 3 is 1.41 bits per heavy atom. The van der Waals surface area contributed by atoms with Crippen LogP contribution in [0.3, 0.4) is 0 Å². The molecule has 20 N–H and O–H groups in total. The molecule has 0 aliphatic carbocycles. The number of carboxylic acid groups (broad SMARTS) is 4. The van der Waals surface area contributed by atoms with Gasteiger partial charge in [-0.3, -0.25) is 24.0 Å². The Bertz CT molecular complexity index is 2190. The first-order chi connectivity index (χ1) is 34.1. The molecular weight excluding hydrogens is 1060 g/mol. The third-order valence-electron chi connectivity index (χ3n) is 8.74. The quantitative estimate of drug-likeness (QED) is 0.120. The van der Waals surface area contributed by atoms with Gasteiger partial charge in [0.1, 0.15) is 29.6 Å². The Hall–Kier alpha value is -7.73. The maximum absolute atomic E-state index is 13.8. The van der Waals surface area contributed by atoms with Crippen molar-refractivity contribution in [1.29, 1.82) is 0 Å². The Labute approximate surface area is 412 Å². The SMILES string of the molecule is NCCC[C@@H]1NC(=O)[C@@H](N)Cc2cc(ccc2O)-c2ccc(O)c(c2)C[C@@H](C(=O)N[C@@H](CC(N)=O)C(=O)NC[C@@H](N)CCN)NC1=O.O=C(O)C(F)(F)F.O=C(O)C(F)(F)F.O=C(O)C(F)(F)F.O=C(O)C(F)(F)F. The molecule has 3 rings (SSSR count). The number of carboxylic acids is 4. The average molecular weight is 1110 g/mol. The zero-order chi connectivity index (χ0) is 59.0. The van der Waals surface area contributed by atoms with Gasteiger partial charge in [0, 0.05) is 25.4 Å². The number of aliphatic carboxylic acids is 4. The molecule has 4 bridgehead atoms. The smallest absolute Gasteiger partial charge is 0.490 e. The molecule has 36 heteroatoms. The predicted molar refractivity (Wildman–Crippen MR) is 228 cm³/mol. The number of carbonyl (C=O) groups is 9. The van der Waals surface area contributed by atoms with Gasteiger partial charge < -0.3 is 80.6 Å². The molecule has 2 aromatic rings. The number of hydrogen-bond acceptors (Lipinski definition) is 15. The third-order valence-corrected chi connectivity index (χ3v) is 8.74. The van der Waals surface area contributed by atoms with E-state index in [1.54, 1.807) is 24.3 Å². The van der Waals surface area contributed by atoms with Crippen LogP contribution in [0.5, 0.6) is 11.5 Å². The van der Waals surface area contributed by atoms with Crippen molar-refractivity contribution in [3.05, 3.63) is 47.5 Å². The van der Waals surface area contributed by atoms with E-state index in [1.165, 1.54) is 12.1 Å². The number of halogens is 12. The zero-order valence-electron chi connectivity index (χ0n) is 38.0. The molecule has 424 valence electrons. The Balaban J connectivity index is 0. The van der Waals surface area contributed by atoms with Crippen LogP contribution in [0.15, 0.2) is 36.4 Å². The fourth-order valence-corrected chi connectivity index (χ4v) is 5.11. The molecular formula is C39H49F12N9O15. The molecule has 0 saturated heterocycles. The van der Waals surface area contributed by atoms with E-state index in [2.05, 4.69) is 21.3 Å². The lowest BCUT2D eigenvalue weighted by Gasteiger charge is -2.26. The first-order valence-corrected chi connectivity index (χ1v) is 20.3. The summed E-state index contributed by atoms with van der Waals surface area (Å²) in [6.45, 7) is 0.516. The lowest BCUT2D eigenvalue weighted by Crippen LogP contribution is -2.59. The van der Waals surface area contributed by atoms with Gasteiger partial charge in [-0.2, -0.15) is 52.7 Å². The summed E-state index contributed by atoms with van der Waals surface area (Å²) >= 11 is 0. The molecule has 2 aromatic carbocycles. The number of alkyl halides is 12. The molecule has 1 aliphatic heterocycles. The van der Waals surface area contributed by atoms with E-state index in [4.69, 9.17) is 68.3 Å². The van der Waals surface area contributed by atoms with Crippen molar-refractivity contribution >= 4 is 53.4 Å². The number of aromatic hydroxyl groups is 2. The second-order valence-corrected chi connectivity index (χ2v) is 14.8. The van der Waals surface area contributed by atoms with Crippen LogP contribution >= 0.6 is 0 Å². The third kappa shape index (κ3) is 28.3. The number of nitrogens with one attached hydrogen (secondary N) is 4. The normalized spacial score (nSPS) is 16.5. The van der Waals surface area contributed by atoms with Gasteiger partial charge in [-0.1, -0.05) is 12.1 Å². The molecule has 0 unspecified atom stereocenters. The summed E-state index contributed by atoms with van der Waals surface area (Å²) in [6, 6.07) is 3.81. The molecule has 0 fully saturated rings. The topological polar surface area (TPSA) is 453 Å². The first-order valence-electron chi connectivity index (χ1n) is 20.3. The van der Waals surface area contributed by atoms with E-state index in [0.717, 1.165) is 0 Å². The van der Waals surface area contributed by atoms with Crippen LogP contribution in [0, 0.1) is 0 Å². The number of rotatable bonds is 12. The summed E-state index contributed by atoms with van der Waals surface area (Å²) < 4.78 is 127. The Morgan fingerprint density at radius 1 is 0.653 bits per heavy atom. The highest BCUT2D eigenvalue weighted by atomic mass is 19.4. The summed E-state index contributed by atoms with van der Waals surface area (Å²) in [7, 11) is 0. The number of carbonyl (C=O) groups excluding carboxylic acids is 5. The maximum Gasteiger partial charge on any atom is 0.490 e. The standard InChI is InChI=1S/C31H45N9O7.4C2HF3O2/c32-8-1-2-22-30(46)39-23(31(47)40-24(14-27(36)43)29(45)37-15-20(34)7-9-33)13-19-11-17(4-6-26(19)42)16-3-5-25(41)18(10-16)12-21(35)28(44)38-22;4*3-2(4,5)1(6)7/h3-6,10-11,20-24,41-42H,1-2,7-9,12-15,32-35H2,(H2,36,43)(H,37,45)(H,38,44)(H,39,46)(H,40,47);4*(H,6,7)/t20-,21-,22-,23-,24-;;;;/m0..../s1. The molecule has 0 aromatic heterocycles. The fourth-order valence-electron chi connectivity index (χ4n) is 5.11. The summed E-state index contributed by atoms with van der Waals surface area (Å²) in [5.41, 5.74) is 30.5. The zero-order valence-corrected chi connectivity index (χ0v) is 38.0. The monoisotopic (exact) mass is 1110 g/mol. The van der Waals surface area contributed by atoms with Crippen molar-refractivity contribution in [2.45, 2.75) is 93.4 Å². The lowest BCUT2D eigenvalue weighted by molar-refractivity contribution is -0.193. The molecule has 24 nitrogen and oxygen atoms in total. The number of benzene rings is 2. The van der Waals surface area contributed by atoms with Crippen LogP contribution in [0.4, 0.5) is 52.7 Å². The van der Waals surface area contributed by atoms with Crippen molar-refractivity contribution < 1.29 is 126 Å². The van der Waals surface area contributed by atoms with E-state index < -0.39 is 115 Å². The second kappa shape index (κ2) is 31.1. The Morgan fingerprint density at radius 2 is 1.05 bits per heavy atom. The van der Waals surface area contributed by atoms with Gasteiger partial charge in [0.05, 0.1) is 12.5 Å². The average Bonchev–Trinajstić information content (AvgIpc) is 3.27. The van der Waals surface area contributed by atoms with Gasteiger partial charge in [-0.15, -0.1) is 0 Å². The highest BCUT2D eigenvalue weighted by Crippen LogP contribution is 2.31. The van der Waals surface area contributed by atoms with Gasteiger partial charge in [0.25, 0.3) is 0 Å². The minimum absolute atomic E-state index is 0.0195. The predicted octanol–water partition coefficient (Wildman–Crippen LogP) is -0.415. The minimum Gasteiger partial charge on any atom is -0.508 e. The van der Waals surface area contributed by atoms with Gasteiger partial charge in [0.2, 0.25) is 29.5 Å². The Kier molecular flexibility index (Phi) is 28.8. The summed E-state index contributed by atoms with van der Waals surface area (Å²) in [5.74, 6) is -15.2. The number of hydrogen-bond donors (Lipinski definition) is 15. The summed E-state index contributed by atoms with van der Waals surface area (Å²) in [6.07, 6.45) is -20.3. The van der Waals surface area contributed by atoms with Crippen molar-refractivity contribution in [2.75, 3.05) is 19.6 Å². The van der Waals surface area contributed by atoms with Crippen LogP contribution in [0.25, 0.3) is 11.1 Å². The molecule has 0 saturated carbocycles. The maximum atomic E-state index is 13.8. The molecule has 0 spiro atoms. The van der Waals surface area contributed by atoms with Crippen LogP contribution in [0.2, 0.25) is 0 Å². The molecule has 1 heterocycles. The molecule has 5 atom stereocenters. The van der Waals surface area contributed by atoms with E-state index in [1.807, 2.05) is 0 Å². The fraction of sp³-hybridized carbons (Fsp3) is 0.462. The van der Waals surface area contributed by atoms with Crippen molar-refractivity contribution in [2.24, 2.45) is 28.7 Å². The van der Waals surface area contributed by atoms with Gasteiger partial charge in [0.15, 0.2) is 0 Å². The van der Waals surface area contributed by atoms with Crippen LogP contribution in [-0.4, -0.2) is 159 Å². The van der Waals surface area contributed by atoms with Crippen molar-refractivity contribution in [1.82, 2.24) is 21.3 Å². The highest BCUT2D eigenvalue weighted by molar-refractivity contribution is 5.96. The minimum atomic E-state index is -5.08. The van der Waals surface area contributed by atoms with Crippen molar-refractivity contribution in [3.63, 3.8) is 0 Å². The second-order valence-electron chi connectivity index (χ2n) is 14.8. The number of phenols is 2. The van der Waals surface area contributed by atoms with E-state index in [0.29, 0.717) is 36.1 Å². The van der Waals surface area contributed by atoms with E-state index in [-0.39, 0.29) is 49.4 Å². The van der Waals surface area contributed by atoms with Crippen molar-refractivity contribution in [3.8, 4) is 22.6 Å².